The second kappa shape index (κ2) is 3.97. The minimum Gasteiger partial charge on any atom is -0.300 e. The SMILES string of the molecule is CC(=O)CCC1Cc2ccccc2C1=O. The van der Waals surface area contributed by atoms with Crippen molar-refractivity contribution in [2.24, 2.45) is 5.92 Å². The predicted molar refractivity (Wildman–Crippen MR) is 57.9 cm³/mol. The Morgan fingerprint density at radius 2 is 2.13 bits per heavy atom. The molecule has 1 aliphatic carbocycles. The van der Waals surface area contributed by atoms with E-state index in [1.807, 2.05) is 24.3 Å². The molecule has 0 heterocycles. The van der Waals surface area contributed by atoms with E-state index < -0.39 is 0 Å². The van der Waals surface area contributed by atoms with Gasteiger partial charge in [0.1, 0.15) is 5.78 Å². The summed E-state index contributed by atoms with van der Waals surface area (Å²) >= 11 is 0. The Bertz CT molecular complexity index is 407. The number of hydrogen-bond acceptors (Lipinski definition) is 2. The molecule has 0 aromatic heterocycles. The number of rotatable bonds is 3. The topological polar surface area (TPSA) is 34.1 Å². The first kappa shape index (κ1) is 10.1. The molecule has 0 fully saturated rings. The van der Waals surface area contributed by atoms with Crippen LogP contribution in [0.5, 0.6) is 0 Å². The van der Waals surface area contributed by atoms with Crippen molar-refractivity contribution in [2.45, 2.75) is 26.2 Å². The number of fused-ring (bicyclic) bond motifs is 1. The highest BCUT2D eigenvalue weighted by molar-refractivity contribution is 6.02. The highest BCUT2D eigenvalue weighted by Gasteiger charge is 2.29. The third-order valence-corrected chi connectivity index (χ3v) is 2.96. The zero-order valence-corrected chi connectivity index (χ0v) is 8.82. The molecule has 0 amide bonds. The Labute approximate surface area is 89.3 Å². The number of ketones is 2. The Morgan fingerprint density at radius 3 is 2.80 bits per heavy atom. The van der Waals surface area contributed by atoms with Crippen molar-refractivity contribution in [3.8, 4) is 0 Å². The average molecular weight is 202 g/mol. The zero-order chi connectivity index (χ0) is 10.8. The lowest BCUT2D eigenvalue weighted by Gasteiger charge is -2.04. The fourth-order valence-corrected chi connectivity index (χ4v) is 2.13. The summed E-state index contributed by atoms with van der Waals surface area (Å²) in [4.78, 5) is 22.8. The lowest BCUT2D eigenvalue weighted by molar-refractivity contribution is -0.117. The highest BCUT2D eigenvalue weighted by atomic mass is 16.1. The van der Waals surface area contributed by atoms with Crippen LogP contribution in [-0.4, -0.2) is 11.6 Å². The predicted octanol–water partition coefficient (Wildman–Crippen LogP) is 2.41. The van der Waals surface area contributed by atoms with Gasteiger partial charge >= 0.3 is 0 Å². The van der Waals surface area contributed by atoms with Crippen LogP contribution < -0.4 is 0 Å². The summed E-state index contributed by atoms with van der Waals surface area (Å²) < 4.78 is 0. The third kappa shape index (κ3) is 1.99. The molecule has 0 spiro atoms. The van der Waals surface area contributed by atoms with Gasteiger partial charge in [-0.3, -0.25) is 4.79 Å². The Kier molecular flexibility index (Phi) is 2.67. The first-order valence-electron chi connectivity index (χ1n) is 5.30. The zero-order valence-electron chi connectivity index (χ0n) is 8.82. The molecule has 0 N–H and O–H groups in total. The normalized spacial score (nSPS) is 19.0. The lowest BCUT2D eigenvalue weighted by atomic mass is 9.98. The van der Waals surface area contributed by atoms with Gasteiger partial charge in [-0.25, -0.2) is 0 Å². The van der Waals surface area contributed by atoms with Crippen LogP contribution in [0.2, 0.25) is 0 Å². The van der Waals surface area contributed by atoms with Crippen molar-refractivity contribution in [1.82, 2.24) is 0 Å². The van der Waals surface area contributed by atoms with Crippen LogP contribution in [0, 0.1) is 5.92 Å². The molecule has 15 heavy (non-hydrogen) atoms. The van der Waals surface area contributed by atoms with Gasteiger partial charge in [-0.15, -0.1) is 0 Å². The summed E-state index contributed by atoms with van der Waals surface area (Å²) in [6, 6.07) is 7.73. The van der Waals surface area contributed by atoms with E-state index in [1.165, 1.54) is 0 Å². The van der Waals surface area contributed by atoms with E-state index >= 15 is 0 Å². The van der Waals surface area contributed by atoms with Gasteiger partial charge in [0.15, 0.2) is 5.78 Å². The van der Waals surface area contributed by atoms with Crippen molar-refractivity contribution in [2.75, 3.05) is 0 Å². The number of carbonyl (C=O) groups excluding carboxylic acids is 2. The van der Waals surface area contributed by atoms with Crippen LogP contribution in [0.3, 0.4) is 0 Å². The molecule has 0 saturated carbocycles. The molecule has 2 heteroatoms. The van der Waals surface area contributed by atoms with E-state index in [4.69, 9.17) is 0 Å². The molecular formula is C13H14O2. The summed E-state index contributed by atoms with van der Waals surface area (Å²) in [6.45, 7) is 1.58. The third-order valence-electron chi connectivity index (χ3n) is 2.96. The van der Waals surface area contributed by atoms with Gasteiger partial charge in [0.2, 0.25) is 0 Å². The minimum absolute atomic E-state index is 0.0336. The maximum atomic E-state index is 11.9. The molecule has 1 atom stereocenters. The van der Waals surface area contributed by atoms with Crippen LogP contribution in [0.1, 0.15) is 35.7 Å². The average Bonchev–Trinajstić information content (AvgIpc) is 2.54. The monoisotopic (exact) mass is 202 g/mol. The number of carbonyl (C=O) groups is 2. The molecule has 2 nitrogen and oxygen atoms in total. The molecule has 0 bridgehead atoms. The Hall–Kier alpha value is -1.44. The van der Waals surface area contributed by atoms with E-state index in [2.05, 4.69) is 0 Å². The largest absolute Gasteiger partial charge is 0.300 e. The Morgan fingerprint density at radius 1 is 1.40 bits per heavy atom. The van der Waals surface area contributed by atoms with Crippen LogP contribution in [-0.2, 0) is 11.2 Å². The van der Waals surface area contributed by atoms with Gasteiger partial charge in [0.05, 0.1) is 0 Å². The van der Waals surface area contributed by atoms with Crippen molar-refractivity contribution in [1.29, 1.82) is 0 Å². The van der Waals surface area contributed by atoms with E-state index in [0.717, 1.165) is 17.5 Å². The van der Waals surface area contributed by atoms with Crippen LogP contribution >= 0.6 is 0 Å². The molecule has 1 aromatic rings. The van der Waals surface area contributed by atoms with Gasteiger partial charge in [-0.1, -0.05) is 24.3 Å². The van der Waals surface area contributed by atoms with E-state index in [1.54, 1.807) is 6.92 Å². The summed E-state index contributed by atoms with van der Waals surface area (Å²) in [5.74, 6) is 0.414. The van der Waals surface area contributed by atoms with Gasteiger partial charge in [0, 0.05) is 17.9 Å². The Balaban J connectivity index is 2.10. The van der Waals surface area contributed by atoms with E-state index in [9.17, 15) is 9.59 Å². The smallest absolute Gasteiger partial charge is 0.166 e. The van der Waals surface area contributed by atoms with Crippen LogP contribution in [0.25, 0.3) is 0 Å². The number of hydrogen-bond donors (Lipinski definition) is 0. The molecule has 78 valence electrons. The number of Topliss-reactive ketones (excluding diaryl/α,β-unsaturated/α-hetero) is 2. The molecule has 0 aliphatic heterocycles. The fourth-order valence-electron chi connectivity index (χ4n) is 2.13. The molecule has 1 aliphatic rings. The van der Waals surface area contributed by atoms with Crippen molar-refractivity contribution in [3.63, 3.8) is 0 Å². The lowest BCUT2D eigenvalue weighted by Crippen LogP contribution is -2.10. The number of benzene rings is 1. The molecule has 0 radical (unpaired) electrons. The van der Waals surface area contributed by atoms with Crippen LogP contribution in [0.4, 0.5) is 0 Å². The summed E-state index contributed by atoms with van der Waals surface area (Å²) in [5.41, 5.74) is 1.99. The standard InChI is InChI=1S/C13H14O2/c1-9(14)6-7-11-8-10-4-2-3-5-12(10)13(11)15/h2-5,11H,6-8H2,1H3. The fraction of sp³-hybridized carbons (Fsp3) is 0.385. The van der Waals surface area contributed by atoms with Gasteiger partial charge in [-0.2, -0.15) is 0 Å². The quantitative estimate of drug-likeness (QED) is 0.754. The van der Waals surface area contributed by atoms with Gasteiger partial charge in [-0.05, 0) is 25.3 Å². The molecular weight excluding hydrogens is 188 g/mol. The molecule has 0 saturated heterocycles. The van der Waals surface area contributed by atoms with Crippen molar-refractivity contribution < 1.29 is 9.59 Å². The highest BCUT2D eigenvalue weighted by Crippen LogP contribution is 2.29. The molecule has 2 rings (SSSR count). The maximum Gasteiger partial charge on any atom is 0.166 e. The second-order valence-electron chi connectivity index (χ2n) is 4.16. The second-order valence-corrected chi connectivity index (χ2v) is 4.16. The first-order chi connectivity index (χ1) is 7.18. The van der Waals surface area contributed by atoms with E-state index in [-0.39, 0.29) is 17.5 Å². The summed E-state index contributed by atoms with van der Waals surface area (Å²) in [7, 11) is 0. The van der Waals surface area contributed by atoms with Gasteiger partial charge < -0.3 is 4.79 Å². The first-order valence-corrected chi connectivity index (χ1v) is 5.30. The summed E-state index contributed by atoms with van der Waals surface area (Å²) in [5, 5.41) is 0. The van der Waals surface area contributed by atoms with E-state index in [0.29, 0.717) is 12.8 Å². The van der Waals surface area contributed by atoms with Crippen molar-refractivity contribution >= 4 is 11.6 Å². The van der Waals surface area contributed by atoms with Crippen molar-refractivity contribution in [3.05, 3.63) is 35.4 Å². The molecule has 1 unspecified atom stereocenters. The van der Waals surface area contributed by atoms with Gasteiger partial charge in [0.25, 0.3) is 0 Å². The maximum absolute atomic E-state index is 11.9. The minimum atomic E-state index is 0.0336. The summed E-state index contributed by atoms with van der Waals surface area (Å²) in [6.07, 6.45) is 2.02. The molecule has 1 aromatic carbocycles. The van der Waals surface area contributed by atoms with Crippen LogP contribution in [0.15, 0.2) is 24.3 Å².